The van der Waals surface area contributed by atoms with E-state index in [9.17, 15) is 17.8 Å². The number of nitrogens with zero attached hydrogens (tertiary/aromatic N) is 1. The minimum Gasteiger partial charge on any atom is -0.748 e. The lowest BCUT2D eigenvalue weighted by Gasteiger charge is -2.33. The average Bonchev–Trinajstić information content (AvgIpc) is 3.27. The molecule has 0 amide bonds. The topological polar surface area (TPSA) is 96.0 Å². The Hall–Kier alpha value is -0.960. The van der Waals surface area contributed by atoms with Crippen molar-refractivity contribution >= 4 is 16.1 Å². The van der Waals surface area contributed by atoms with Gasteiger partial charge in [0.1, 0.15) is 6.10 Å². The monoisotopic (exact) mass is 384 g/mol. The number of rotatable bonds is 6. The van der Waals surface area contributed by atoms with Gasteiger partial charge in [-0.3, -0.25) is 9.69 Å². The maximum atomic E-state index is 12.8. The number of esters is 1. The summed E-state index contributed by atoms with van der Waals surface area (Å²) < 4.78 is 44.7. The SMILES string of the molecule is O=C(OC(CN1CCOCC1)CS(=O)(=O)[O-])C1CC2CC1C1C=CCC21. The zero-order chi connectivity index (χ0) is 18.3. The van der Waals surface area contributed by atoms with E-state index in [1.807, 2.05) is 4.90 Å². The van der Waals surface area contributed by atoms with Gasteiger partial charge in [0.05, 0.1) is 35.0 Å². The lowest BCUT2D eigenvalue weighted by Crippen LogP contribution is -2.45. The smallest absolute Gasteiger partial charge is 0.309 e. The van der Waals surface area contributed by atoms with Crippen LogP contribution in [0.4, 0.5) is 0 Å². The summed E-state index contributed by atoms with van der Waals surface area (Å²) in [6.45, 7) is 2.69. The predicted molar refractivity (Wildman–Crippen MR) is 92.1 cm³/mol. The van der Waals surface area contributed by atoms with Gasteiger partial charge in [0.25, 0.3) is 0 Å². The Kier molecular flexibility index (Phi) is 5.11. The van der Waals surface area contributed by atoms with Gasteiger partial charge >= 0.3 is 5.97 Å². The highest BCUT2D eigenvalue weighted by molar-refractivity contribution is 7.85. The first-order valence-corrected chi connectivity index (χ1v) is 11.1. The maximum Gasteiger partial charge on any atom is 0.309 e. The highest BCUT2D eigenvalue weighted by Gasteiger charge is 2.55. The van der Waals surface area contributed by atoms with Gasteiger partial charge < -0.3 is 14.0 Å². The van der Waals surface area contributed by atoms with Crippen LogP contribution < -0.4 is 0 Å². The first-order valence-electron chi connectivity index (χ1n) is 9.51. The van der Waals surface area contributed by atoms with Gasteiger partial charge in [0, 0.05) is 19.6 Å². The number of carbonyl (C=O) groups is 1. The zero-order valence-corrected chi connectivity index (χ0v) is 15.6. The Morgan fingerprint density at radius 1 is 1.27 bits per heavy atom. The van der Waals surface area contributed by atoms with E-state index in [1.54, 1.807) is 0 Å². The summed E-state index contributed by atoms with van der Waals surface area (Å²) in [6, 6.07) is 0. The fraction of sp³-hybridized carbons (Fsp3) is 0.833. The quantitative estimate of drug-likeness (QED) is 0.376. The standard InChI is InChI=1S/C18H27NO6S/c20-18(17-9-12-8-16(17)15-3-1-2-14(12)15)25-13(11-26(21,22)23)10-19-4-6-24-7-5-19/h1,3,12-17H,2,4-11H2,(H,21,22,23)/p-1. The molecule has 146 valence electrons. The molecule has 4 rings (SSSR count). The molecule has 6 unspecified atom stereocenters. The number of hydrogen-bond donors (Lipinski definition) is 0. The Morgan fingerprint density at radius 2 is 2.04 bits per heavy atom. The summed E-state index contributed by atoms with van der Waals surface area (Å²) >= 11 is 0. The van der Waals surface area contributed by atoms with Crippen LogP contribution in [0.3, 0.4) is 0 Å². The molecule has 0 aromatic heterocycles. The van der Waals surface area contributed by atoms with Crippen LogP contribution in [0.25, 0.3) is 0 Å². The minimum absolute atomic E-state index is 0.162. The third-order valence-electron chi connectivity index (χ3n) is 6.55. The van der Waals surface area contributed by atoms with Crippen molar-refractivity contribution in [1.29, 1.82) is 0 Å². The average molecular weight is 384 g/mol. The molecule has 0 N–H and O–H groups in total. The van der Waals surface area contributed by atoms with Crippen LogP contribution in [0.5, 0.6) is 0 Å². The zero-order valence-electron chi connectivity index (χ0n) is 14.8. The molecule has 0 aromatic carbocycles. The fourth-order valence-corrected chi connectivity index (χ4v) is 6.12. The number of allylic oxidation sites excluding steroid dienone is 2. The van der Waals surface area contributed by atoms with Crippen LogP contribution in [0.1, 0.15) is 19.3 Å². The summed E-state index contributed by atoms with van der Waals surface area (Å²) in [4.78, 5) is 14.8. The molecule has 8 heteroatoms. The molecule has 2 bridgehead atoms. The molecule has 6 atom stereocenters. The van der Waals surface area contributed by atoms with Crippen molar-refractivity contribution < 1.29 is 27.2 Å². The first kappa shape index (κ1) is 18.4. The van der Waals surface area contributed by atoms with Crippen molar-refractivity contribution in [3.63, 3.8) is 0 Å². The second kappa shape index (κ2) is 7.22. The van der Waals surface area contributed by atoms with E-state index in [-0.39, 0.29) is 18.4 Å². The van der Waals surface area contributed by atoms with Gasteiger partial charge in [-0.15, -0.1) is 0 Å². The first-order chi connectivity index (χ1) is 12.4. The van der Waals surface area contributed by atoms with Crippen molar-refractivity contribution in [1.82, 2.24) is 4.90 Å². The summed E-state index contributed by atoms with van der Waals surface area (Å²) in [7, 11) is -4.46. The summed E-state index contributed by atoms with van der Waals surface area (Å²) in [5.74, 6) is 0.872. The third kappa shape index (κ3) is 3.83. The normalized spacial score (nSPS) is 37.7. The highest BCUT2D eigenvalue weighted by Crippen LogP contribution is 2.59. The molecule has 0 aromatic rings. The maximum absolute atomic E-state index is 12.8. The van der Waals surface area contributed by atoms with E-state index < -0.39 is 22.0 Å². The van der Waals surface area contributed by atoms with Gasteiger partial charge in [0.2, 0.25) is 0 Å². The summed E-state index contributed by atoms with van der Waals surface area (Å²) in [6.07, 6.45) is 6.56. The van der Waals surface area contributed by atoms with Gasteiger partial charge in [-0.05, 0) is 42.9 Å². The van der Waals surface area contributed by atoms with Crippen molar-refractivity contribution in [3.8, 4) is 0 Å². The van der Waals surface area contributed by atoms with Crippen LogP contribution in [0.15, 0.2) is 12.2 Å². The largest absolute Gasteiger partial charge is 0.748 e. The molecular weight excluding hydrogens is 358 g/mol. The van der Waals surface area contributed by atoms with E-state index in [4.69, 9.17) is 9.47 Å². The molecule has 3 fully saturated rings. The van der Waals surface area contributed by atoms with Gasteiger partial charge in [-0.2, -0.15) is 0 Å². The molecule has 3 aliphatic carbocycles. The lowest BCUT2D eigenvalue weighted by atomic mass is 9.75. The van der Waals surface area contributed by atoms with Gasteiger partial charge in [-0.25, -0.2) is 8.42 Å². The van der Waals surface area contributed by atoms with Crippen LogP contribution in [-0.2, 0) is 24.4 Å². The number of morpholine rings is 1. The molecule has 26 heavy (non-hydrogen) atoms. The van der Waals surface area contributed by atoms with Crippen molar-refractivity contribution in [2.75, 3.05) is 38.6 Å². The molecule has 1 aliphatic heterocycles. The lowest BCUT2D eigenvalue weighted by molar-refractivity contribution is -0.157. The number of fused-ring (bicyclic) bond motifs is 5. The van der Waals surface area contributed by atoms with Crippen LogP contribution in [-0.4, -0.2) is 68.5 Å². The molecule has 1 heterocycles. The highest BCUT2D eigenvalue weighted by atomic mass is 32.2. The Labute approximate surface area is 154 Å². The van der Waals surface area contributed by atoms with Crippen LogP contribution >= 0.6 is 0 Å². The second-order valence-corrected chi connectivity index (χ2v) is 9.55. The molecule has 1 saturated heterocycles. The molecular formula is C18H26NO6S-. The van der Waals surface area contributed by atoms with Crippen molar-refractivity contribution in [3.05, 3.63) is 12.2 Å². The van der Waals surface area contributed by atoms with Gasteiger partial charge in [0.15, 0.2) is 0 Å². The summed E-state index contributed by atoms with van der Waals surface area (Å²) in [5, 5.41) is 0. The van der Waals surface area contributed by atoms with Crippen LogP contribution in [0.2, 0.25) is 0 Å². The van der Waals surface area contributed by atoms with E-state index in [0.29, 0.717) is 50.0 Å². The summed E-state index contributed by atoms with van der Waals surface area (Å²) in [5.41, 5.74) is 0. The molecule has 0 spiro atoms. The molecule has 4 aliphatic rings. The third-order valence-corrected chi connectivity index (χ3v) is 7.33. The Bertz CT molecular complexity index is 671. The Balaban J connectivity index is 1.40. The minimum atomic E-state index is -4.46. The predicted octanol–water partition coefficient (Wildman–Crippen LogP) is 0.624. The number of ether oxygens (including phenoxy) is 2. The molecule has 7 nitrogen and oxygen atoms in total. The van der Waals surface area contributed by atoms with Crippen molar-refractivity contribution in [2.45, 2.75) is 25.4 Å². The van der Waals surface area contributed by atoms with E-state index in [1.165, 1.54) is 0 Å². The van der Waals surface area contributed by atoms with E-state index in [0.717, 1.165) is 19.3 Å². The molecule has 2 saturated carbocycles. The van der Waals surface area contributed by atoms with Crippen LogP contribution in [0, 0.1) is 29.6 Å². The fourth-order valence-electron chi connectivity index (χ4n) is 5.49. The number of carbonyl (C=O) groups excluding carboxylic acids is 1. The Morgan fingerprint density at radius 3 is 2.77 bits per heavy atom. The molecule has 0 radical (unpaired) electrons. The van der Waals surface area contributed by atoms with Crippen molar-refractivity contribution in [2.24, 2.45) is 29.6 Å². The number of hydrogen-bond acceptors (Lipinski definition) is 7. The van der Waals surface area contributed by atoms with Gasteiger partial charge in [-0.1, -0.05) is 12.2 Å². The van der Waals surface area contributed by atoms with E-state index >= 15 is 0 Å². The second-order valence-electron chi connectivity index (χ2n) is 8.10. The van der Waals surface area contributed by atoms with E-state index in [2.05, 4.69) is 12.2 Å².